The zero-order valence-corrected chi connectivity index (χ0v) is 17.5. The van der Waals surface area contributed by atoms with E-state index in [1.165, 1.54) is 4.90 Å². The second-order valence-electron chi connectivity index (χ2n) is 7.43. The highest BCUT2D eigenvalue weighted by Crippen LogP contribution is 2.32. The molecular formula is C22H22BrN3O3. The lowest BCUT2D eigenvalue weighted by Gasteiger charge is -2.29. The Morgan fingerprint density at radius 1 is 1.00 bits per heavy atom. The van der Waals surface area contributed by atoms with E-state index < -0.39 is 0 Å². The summed E-state index contributed by atoms with van der Waals surface area (Å²) in [6, 6.07) is 12.1. The lowest BCUT2D eigenvalue weighted by molar-refractivity contribution is 0.0549. The van der Waals surface area contributed by atoms with Crippen LogP contribution in [0.5, 0.6) is 0 Å². The molecular weight excluding hydrogens is 434 g/mol. The average Bonchev–Trinajstić information content (AvgIpc) is 2.98. The molecule has 0 radical (unpaired) electrons. The molecule has 0 spiro atoms. The maximum atomic E-state index is 12.9. The second-order valence-corrected chi connectivity index (χ2v) is 8.29. The molecule has 7 heteroatoms. The molecule has 1 aliphatic carbocycles. The fraction of sp³-hybridized carbons (Fsp3) is 0.318. The number of halogens is 1. The molecule has 2 aliphatic rings. The molecule has 2 aromatic carbocycles. The third kappa shape index (κ3) is 4.05. The summed E-state index contributed by atoms with van der Waals surface area (Å²) in [5, 5.41) is 5.54. The minimum Gasteiger partial charge on any atom is -0.334 e. The molecule has 2 N–H and O–H groups in total. The molecule has 29 heavy (non-hydrogen) atoms. The Balaban J connectivity index is 1.43. The predicted octanol–water partition coefficient (Wildman–Crippen LogP) is 4.70. The van der Waals surface area contributed by atoms with Gasteiger partial charge in [0.25, 0.3) is 11.8 Å². The highest BCUT2D eigenvalue weighted by Gasteiger charge is 2.40. The van der Waals surface area contributed by atoms with E-state index >= 15 is 0 Å². The number of anilines is 1. The summed E-state index contributed by atoms with van der Waals surface area (Å²) in [6.07, 6.45) is 4.98. The number of benzene rings is 2. The van der Waals surface area contributed by atoms with E-state index in [9.17, 15) is 14.4 Å². The van der Waals surface area contributed by atoms with Gasteiger partial charge in [-0.05, 0) is 42.7 Å². The molecule has 4 amide bonds. The fourth-order valence-corrected chi connectivity index (χ4v) is 4.43. The zero-order chi connectivity index (χ0) is 20.4. The van der Waals surface area contributed by atoms with Gasteiger partial charge in [-0.2, -0.15) is 0 Å². The number of carbonyl (C=O) groups is 3. The van der Waals surface area contributed by atoms with Crippen molar-refractivity contribution < 1.29 is 14.4 Å². The first-order valence-corrected chi connectivity index (χ1v) is 10.6. The van der Waals surface area contributed by atoms with Gasteiger partial charge in [0.1, 0.15) is 0 Å². The SMILES string of the molecule is O=C(NCc1ccccc1Br)Nc1ccc2c(c1)C(=O)N(C1CCCCC1)C2=O. The Morgan fingerprint density at radius 2 is 1.72 bits per heavy atom. The van der Waals surface area contributed by atoms with Gasteiger partial charge in [-0.15, -0.1) is 0 Å². The van der Waals surface area contributed by atoms with E-state index in [1.54, 1.807) is 18.2 Å². The van der Waals surface area contributed by atoms with Gasteiger partial charge in [0.05, 0.1) is 11.1 Å². The smallest absolute Gasteiger partial charge is 0.319 e. The van der Waals surface area contributed by atoms with Crippen LogP contribution in [-0.2, 0) is 6.54 Å². The maximum Gasteiger partial charge on any atom is 0.319 e. The summed E-state index contributed by atoms with van der Waals surface area (Å²) < 4.78 is 0.921. The lowest BCUT2D eigenvalue weighted by Crippen LogP contribution is -2.40. The second kappa shape index (κ2) is 8.37. The number of hydrogen-bond donors (Lipinski definition) is 2. The van der Waals surface area contributed by atoms with Crippen molar-refractivity contribution in [3.8, 4) is 0 Å². The van der Waals surface area contributed by atoms with Gasteiger partial charge in [-0.25, -0.2) is 4.79 Å². The molecule has 6 nitrogen and oxygen atoms in total. The first-order valence-electron chi connectivity index (χ1n) is 9.85. The van der Waals surface area contributed by atoms with E-state index in [-0.39, 0.29) is 23.9 Å². The number of carbonyl (C=O) groups excluding carboxylic acids is 3. The molecule has 1 heterocycles. The van der Waals surface area contributed by atoms with Crippen LogP contribution < -0.4 is 10.6 Å². The zero-order valence-electron chi connectivity index (χ0n) is 15.9. The fourth-order valence-electron chi connectivity index (χ4n) is 4.00. The molecule has 4 rings (SSSR count). The normalized spacial score (nSPS) is 16.7. The van der Waals surface area contributed by atoms with Crippen molar-refractivity contribution in [3.05, 3.63) is 63.6 Å². The van der Waals surface area contributed by atoms with Gasteiger partial charge in [-0.3, -0.25) is 14.5 Å². The van der Waals surface area contributed by atoms with Gasteiger partial charge in [0, 0.05) is 22.7 Å². The number of amides is 4. The minimum absolute atomic E-state index is 0.0137. The van der Waals surface area contributed by atoms with E-state index in [4.69, 9.17) is 0 Å². The van der Waals surface area contributed by atoms with Crippen LogP contribution in [0.3, 0.4) is 0 Å². The van der Waals surface area contributed by atoms with Gasteiger partial charge in [-0.1, -0.05) is 53.4 Å². The third-order valence-electron chi connectivity index (χ3n) is 5.51. The van der Waals surface area contributed by atoms with Crippen molar-refractivity contribution in [1.29, 1.82) is 0 Å². The molecule has 0 bridgehead atoms. The molecule has 0 saturated heterocycles. The summed E-state index contributed by atoms with van der Waals surface area (Å²) >= 11 is 3.45. The van der Waals surface area contributed by atoms with E-state index in [0.717, 1.165) is 42.1 Å². The molecule has 0 atom stereocenters. The first-order chi connectivity index (χ1) is 14.0. The molecule has 1 aliphatic heterocycles. The molecule has 1 saturated carbocycles. The topological polar surface area (TPSA) is 78.5 Å². The van der Waals surface area contributed by atoms with Crippen LogP contribution in [0.4, 0.5) is 10.5 Å². The number of nitrogens with one attached hydrogen (secondary N) is 2. The van der Waals surface area contributed by atoms with Crippen molar-refractivity contribution in [2.24, 2.45) is 0 Å². The standard InChI is InChI=1S/C22H22BrN3O3/c23-19-9-5-4-6-14(19)13-24-22(29)25-15-10-11-17-18(12-15)21(28)26(20(17)27)16-7-2-1-3-8-16/h4-6,9-12,16H,1-3,7-8,13H2,(H2,24,25,29). The van der Waals surface area contributed by atoms with Crippen LogP contribution in [-0.4, -0.2) is 28.8 Å². The molecule has 0 aromatic heterocycles. The van der Waals surface area contributed by atoms with Crippen LogP contribution in [0.2, 0.25) is 0 Å². The molecule has 150 valence electrons. The van der Waals surface area contributed by atoms with Gasteiger partial charge in [0.15, 0.2) is 0 Å². The van der Waals surface area contributed by atoms with Crippen LogP contribution >= 0.6 is 15.9 Å². The molecule has 1 fully saturated rings. The van der Waals surface area contributed by atoms with Gasteiger partial charge < -0.3 is 10.6 Å². The van der Waals surface area contributed by atoms with Crippen LogP contribution in [0.15, 0.2) is 46.9 Å². The van der Waals surface area contributed by atoms with Crippen molar-refractivity contribution in [2.75, 3.05) is 5.32 Å². The molecule has 0 unspecified atom stereocenters. The Morgan fingerprint density at radius 3 is 2.48 bits per heavy atom. The number of rotatable bonds is 4. The summed E-state index contributed by atoms with van der Waals surface area (Å²) in [7, 11) is 0. The summed E-state index contributed by atoms with van der Waals surface area (Å²) in [4.78, 5) is 39.3. The average molecular weight is 456 g/mol. The van der Waals surface area contributed by atoms with Crippen LogP contribution in [0.25, 0.3) is 0 Å². The Kier molecular flexibility index (Phi) is 5.67. The van der Waals surface area contributed by atoms with Gasteiger partial charge in [0.2, 0.25) is 0 Å². The first kappa shape index (κ1) is 19.6. The minimum atomic E-state index is -0.374. The summed E-state index contributed by atoms with van der Waals surface area (Å²) in [6.45, 7) is 0.366. The lowest BCUT2D eigenvalue weighted by atomic mass is 9.94. The van der Waals surface area contributed by atoms with Crippen molar-refractivity contribution in [1.82, 2.24) is 10.2 Å². The summed E-state index contributed by atoms with van der Waals surface area (Å²) in [5.41, 5.74) is 2.23. The highest BCUT2D eigenvalue weighted by molar-refractivity contribution is 9.10. The Hall–Kier alpha value is -2.67. The Labute approximate surface area is 177 Å². The van der Waals surface area contributed by atoms with Crippen molar-refractivity contribution in [2.45, 2.75) is 44.7 Å². The maximum absolute atomic E-state index is 12.9. The molecule has 2 aromatic rings. The van der Waals surface area contributed by atoms with E-state index in [1.807, 2.05) is 24.3 Å². The van der Waals surface area contributed by atoms with Crippen molar-refractivity contribution >= 4 is 39.5 Å². The predicted molar refractivity (Wildman–Crippen MR) is 114 cm³/mol. The van der Waals surface area contributed by atoms with Crippen LogP contribution in [0.1, 0.15) is 58.4 Å². The van der Waals surface area contributed by atoms with Crippen LogP contribution in [0, 0.1) is 0 Å². The monoisotopic (exact) mass is 455 g/mol. The van der Waals surface area contributed by atoms with E-state index in [2.05, 4.69) is 26.6 Å². The third-order valence-corrected chi connectivity index (χ3v) is 6.29. The number of fused-ring (bicyclic) bond motifs is 1. The Bertz CT molecular complexity index is 970. The largest absolute Gasteiger partial charge is 0.334 e. The van der Waals surface area contributed by atoms with Crippen molar-refractivity contribution in [3.63, 3.8) is 0 Å². The highest BCUT2D eigenvalue weighted by atomic mass is 79.9. The van der Waals surface area contributed by atoms with Gasteiger partial charge >= 0.3 is 6.03 Å². The number of urea groups is 1. The number of hydrogen-bond acceptors (Lipinski definition) is 3. The van der Waals surface area contributed by atoms with E-state index in [0.29, 0.717) is 23.4 Å². The summed E-state index contributed by atoms with van der Waals surface area (Å²) in [5.74, 6) is -0.476. The quantitative estimate of drug-likeness (QED) is 0.655. The number of imide groups is 1. The number of nitrogens with zero attached hydrogens (tertiary/aromatic N) is 1.